The summed E-state index contributed by atoms with van der Waals surface area (Å²) in [4.78, 5) is 10.5. The zero-order valence-electron chi connectivity index (χ0n) is 10.5. The van der Waals surface area contributed by atoms with Crippen LogP contribution in [0.1, 0.15) is 10.4 Å². The highest BCUT2D eigenvalue weighted by Crippen LogP contribution is 2.19. The molecule has 0 N–H and O–H groups in total. The van der Waals surface area contributed by atoms with Gasteiger partial charge in [0.25, 0.3) is 0 Å². The van der Waals surface area contributed by atoms with E-state index in [2.05, 4.69) is 15.9 Å². The molecule has 0 radical (unpaired) electrons. The van der Waals surface area contributed by atoms with Crippen LogP contribution < -0.4 is 9.47 Å². The second kappa shape index (κ2) is 7.05. The largest absolute Gasteiger partial charge is 0.490 e. The van der Waals surface area contributed by atoms with E-state index in [0.717, 1.165) is 10.5 Å². The van der Waals surface area contributed by atoms with E-state index in [1.165, 1.54) is 12.1 Å². The van der Waals surface area contributed by atoms with Gasteiger partial charge in [0.05, 0.1) is 0 Å². The smallest absolute Gasteiger partial charge is 0.165 e. The quantitative estimate of drug-likeness (QED) is 0.592. The van der Waals surface area contributed by atoms with Crippen molar-refractivity contribution in [1.29, 1.82) is 0 Å². The van der Waals surface area contributed by atoms with Gasteiger partial charge in [0.15, 0.2) is 11.6 Å². The Kier molecular flexibility index (Phi) is 5.12. The third kappa shape index (κ3) is 4.06. The Hall–Kier alpha value is -1.88. The highest BCUT2D eigenvalue weighted by molar-refractivity contribution is 9.10. The third-order valence-corrected chi connectivity index (χ3v) is 2.99. The van der Waals surface area contributed by atoms with E-state index in [4.69, 9.17) is 9.47 Å². The van der Waals surface area contributed by atoms with Crippen LogP contribution in [0, 0.1) is 5.82 Å². The average Bonchev–Trinajstić information content (AvgIpc) is 2.45. The van der Waals surface area contributed by atoms with Crippen molar-refractivity contribution in [3.8, 4) is 11.5 Å². The molecule has 0 atom stereocenters. The number of rotatable bonds is 6. The van der Waals surface area contributed by atoms with Gasteiger partial charge in [0.2, 0.25) is 0 Å². The van der Waals surface area contributed by atoms with Crippen molar-refractivity contribution < 1.29 is 18.7 Å². The minimum atomic E-state index is -0.558. The van der Waals surface area contributed by atoms with E-state index in [9.17, 15) is 9.18 Å². The summed E-state index contributed by atoms with van der Waals surface area (Å²) in [6.45, 7) is 0.509. The number of hydrogen-bond donors (Lipinski definition) is 0. The summed E-state index contributed by atoms with van der Waals surface area (Å²) in [5, 5.41) is 0. The SMILES string of the molecule is O=Cc1ccc(OCCOc2cccc(Br)c2)c(F)c1. The Morgan fingerprint density at radius 3 is 2.60 bits per heavy atom. The molecule has 0 unspecified atom stereocenters. The van der Waals surface area contributed by atoms with E-state index in [1.807, 2.05) is 24.3 Å². The Morgan fingerprint density at radius 2 is 1.90 bits per heavy atom. The van der Waals surface area contributed by atoms with Gasteiger partial charge in [0.1, 0.15) is 25.2 Å². The van der Waals surface area contributed by atoms with Gasteiger partial charge in [0, 0.05) is 10.0 Å². The lowest BCUT2D eigenvalue weighted by Crippen LogP contribution is -2.09. The second-order valence-electron chi connectivity index (χ2n) is 3.96. The summed E-state index contributed by atoms with van der Waals surface area (Å²) in [5.41, 5.74) is 0.278. The molecule has 0 aliphatic heterocycles. The molecule has 0 fully saturated rings. The van der Waals surface area contributed by atoms with Crippen molar-refractivity contribution in [2.75, 3.05) is 13.2 Å². The van der Waals surface area contributed by atoms with Crippen LogP contribution in [0.2, 0.25) is 0 Å². The molecule has 0 amide bonds. The molecule has 104 valence electrons. The first-order valence-electron chi connectivity index (χ1n) is 5.95. The lowest BCUT2D eigenvalue weighted by molar-refractivity contribution is 0.112. The fraction of sp³-hybridized carbons (Fsp3) is 0.133. The molecule has 2 rings (SSSR count). The van der Waals surface area contributed by atoms with Gasteiger partial charge in [-0.15, -0.1) is 0 Å². The number of ether oxygens (including phenoxy) is 2. The van der Waals surface area contributed by atoms with E-state index >= 15 is 0 Å². The number of carbonyl (C=O) groups excluding carboxylic acids is 1. The van der Waals surface area contributed by atoms with Gasteiger partial charge in [-0.2, -0.15) is 0 Å². The summed E-state index contributed by atoms with van der Waals surface area (Å²) >= 11 is 3.34. The van der Waals surface area contributed by atoms with Crippen molar-refractivity contribution in [2.24, 2.45) is 0 Å². The van der Waals surface area contributed by atoms with E-state index in [0.29, 0.717) is 18.6 Å². The summed E-state index contributed by atoms with van der Waals surface area (Å²) in [6.07, 6.45) is 0.587. The predicted octanol–water partition coefficient (Wildman–Crippen LogP) is 3.86. The molecule has 0 spiro atoms. The molecule has 0 bridgehead atoms. The van der Waals surface area contributed by atoms with Crippen LogP contribution in [0.3, 0.4) is 0 Å². The Morgan fingerprint density at radius 1 is 1.10 bits per heavy atom. The molecule has 0 saturated carbocycles. The van der Waals surface area contributed by atoms with Gasteiger partial charge < -0.3 is 9.47 Å². The Balaban J connectivity index is 1.83. The topological polar surface area (TPSA) is 35.5 Å². The zero-order valence-corrected chi connectivity index (χ0v) is 12.1. The Bertz CT molecular complexity index is 601. The van der Waals surface area contributed by atoms with Crippen molar-refractivity contribution in [1.82, 2.24) is 0 Å². The van der Waals surface area contributed by atoms with Gasteiger partial charge in [-0.1, -0.05) is 22.0 Å². The highest BCUT2D eigenvalue weighted by Gasteiger charge is 2.04. The first kappa shape index (κ1) is 14.5. The minimum absolute atomic E-state index is 0.105. The van der Waals surface area contributed by atoms with Gasteiger partial charge in [-0.3, -0.25) is 4.79 Å². The fourth-order valence-corrected chi connectivity index (χ4v) is 1.95. The maximum atomic E-state index is 13.5. The monoisotopic (exact) mass is 338 g/mol. The number of aldehydes is 1. The number of benzene rings is 2. The van der Waals surface area contributed by atoms with Crippen molar-refractivity contribution in [3.05, 3.63) is 58.3 Å². The maximum absolute atomic E-state index is 13.5. The normalized spacial score (nSPS) is 10.1. The van der Waals surface area contributed by atoms with E-state index in [1.54, 1.807) is 0 Å². The van der Waals surface area contributed by atoms with E-state index in [-0.39, 0.29) is 17.9 Å². The summed E-state index contributed by atoms with van der Waals surface area (Å²) < 4.78 is 25.2. The minimum Gasteiger partial charge on any atom is -0.490 e. The molecule has 5 heteroatoms. The van der Waals surface area contributed by atoms with Crippen LogP contribution in [-0.2, 0) is 0 Å². The zero-order chi connectivity index (χ0) is 14.4. The first-order chi connectivity index (χ1) is 9.69. The van der Waals surface area contributed by atoms with Crippen LogP contribution in [0.5, 0.6) is 11.5 Å². The molecular formula is C15H12BrFO3. The molecular weight excluding hydrogens is 327 g/mol. The molecule has 0 aliphatic rings. The summed E-state index contributed by atoms with van der Waals surface area (Å²) in [6, 6.07) is 11.5. The number of carbonyl (C=O) groups is 1. The standard InChI is InChI=1S/C15H12BrFO3/c16-12-2-1-3-13(9-12)19-6-7-20-15-5-4-11(10-18)8-14(15)17/h1-5,8-10H,6-7H2. The van der Waals surface area contributed by atoms with Crippen molar-refractivity contribution >= 4 is 22.2 Å². The molecule has 0 heterocycles. The predicted molar refractivity (Wildman–Crippen MR) is 76.9 cm³/mol. The molecule has 0 saturated heterocycles. The fourth-order valence-electron chi connectivity index (χ4n) is 1.58. The summed E-state index contributed by atoms with van der Waals surface area (Å²) in [7, 11) is 0. The van der Waals surface area contributed by atoms with E-state index < -0.39 is 5.82 Å². The molecule has 0 aromatic heterocycles. The summed E-state index contributed by atoms with van der Waals surface area (Å²) in [5.74, 6) is 0.255. The molecule has 2 aromatic rings. The first-order valence-corrected chi connectivity index (χ1v) is 6.74. The highest BCUT2D eigenvalue weighted by atomic mass is 79.9. The molecule has 2 aromatic carbocycles. The van der Waals surface area contributed by atoms with Crippen LogP contribution in [0.4, 0.5) is 4.39 Å². The van der Waals surface area contributed by atoms with Gasteiger partial charge in [-0.25, -0.2) is 4.39 Å². The van der Waals surface area contributed by atoms with Crippen molar-refractivity contribution in [3.63, 3.8) is 0 Å². The second-order valence-corrected chi connectivity index (χ2v) is 4.88. The average molecular weight is 339 g/mol. The molecule has 3 nitrogen and oxygen atoms in total. The lowest BCUT2D eigenvalue weighted by Gasteiger charge is -2.09. The van der Waals surface area contributed by atoms with Crippen LogP contribution in [0.15, 0.2) is 46.9 Å². The number of hydrogen-bond acceptors (Lipinski definition) is 3. The van der Waals surface area contributed by atoms with Crippen LogP contribution in [-0.4, -0.2) is 19.5 Å². The molecule has 0 aliphatic carbocycles. The number of halogens is 2. The Labute approximate surface area is 124 Å². The van der Waals surface area contributed by atoms with Crippen LogP contribution >= 0.6 is 15.9 Å². The molecule has 20 heavy (non-hydrogen) atoms. The maximum Gasteiger partial charge on any atom is 0.165 e. The lowest BCUT2D eigenvalue weighted by atomic mass is 10.2. The van der Waals surface area contributed by atoms with Gasteiger partial charge in [-0.05, 0) is 36.4 Å². The van der Waals surface area contributed by atoms with Crippen molar-refractivity contribution in [2.45, 2.75) is 0 Å². The van der Waals surface area contributed by atoms with Crippen LogP contribution in [0.25, 0.3) is 0 Å². The van der Waals surface area contributed by atoms with Gasteiger partial charge >= 0.3 is 0 Å². The third-order valence-electron chi connectivity index (χ3n) is 2.50.